The summed E-state index contributed by atoms with van der Waals surface area (Å²) in [4.78, 5) is 4.68. The molecule has 0 aliphatic carbocycles. The molecule has 0 aromatic heterocycles. The molecule has 0 saturated carbocycles. The highest BCUT2D eigenvalue weighted by Gasteiger charge is 2.19. The van der Waals surface area contributed by atoms with Gasteiger partial charge in [-0.15, -0.1) is 0 Å². The van der Waals surface area contributed by atoms with Crippen molar-refractivity contribution >= 4 is 58.2 Å². The van der Waals surface area contributed by atoms with Gasteiger partial charge in [-0.25, -0.2) is 0 Å². The summed E-state index contributed by atoms with van der Waals surface area (Å²) >= 11 is 0. The Bertz CT molecular complexity index is 2390. The smallest absolute Gasteiger partial charge is 0.0775 e. The second kappa shape index (κ2) is 14.2. The molecule has 3 heteroatoms. The van der Waals surface area contributed by atoms with Crippen LogP contribution in [0.5, 0.6) is 0 Å². The molecule has 0 N–H and O–H groups in total. The van der Waals surface area contributed by atoms with E-state index in [0.29, 0.717) is 0 Å². The molecule has 0 bridgehead atoms. The normalized spacial score (nSPS) is 11.4. The number of nitrogens with zero attached hydrogens (tertiary/aromatic N) is 2. The Morgan fingerprint density at radius 2 is 0.673 bits per heavy atom. The van der Waals surface area contributed by atoms with E-state index < -0.39 is 8.07 Å². The molecular formula is C49H42N2Si. The van der Waals surface area contributed by atoms with Crippen molar-refractivity contribution in [3.05, 3.63) is 200 Å². The van der Waals surface area contributed by atoms with Gasteiger partial charge in [0.15, 0.2) is 0 Å². The topological polar surface area (TPSA) is 6.48 Å². The lowest BCUT2D eigenvalue weighted by molar-refractivity contribution is 1.28. The van der Waals surface area contributed by atoms with Gasteiger partial charge in [-0.2, -0.15) is 0 Å². The maximum absolute atomic E-state index is 2.39. The second-order valence-electron chi connectivity index (χ2n) is 14.3. The largest absolute Gasteiger partial charge is 0.311 e. The minimum Gasteiger partial charge on any atom is -0.311 e. The molecule has 252 valence electrons. The summed E-state index contributed by atoms with van der Waals surface area (Å²) in [5, 5.41) is 3.92. The third-order valence-corrected chi connectivity index (χ3v) is 11.9. The van der Waals surface area contributed by atoms with Gasteiger partial charge in [0.2, 0.25) is 0 Å². The van der Waals surface area contributed by atoms with Gasteiger partial charge in [0.05, 0.1) is 13.8 Å². The van der Waals surface area contributed by atoms with Crippen LogP contribution >= 0.6 is 0 Å². The van der Waals surface area contributed by atoms with Crippen LogP contribution in [0.15, 0.2) is 200 Å². The van der Waals surface area contributed by atoms with Crippen LogP contribution in [0.4, 0.5) is 34.1 Å². The van der Waals surface area contributed by atoms with Gasteiger partial charge < -0.3 is 9.80 Å². The van der Waals surface area contributed by atoms with Crippen molar-refractivity contribution in [1.29, 1.82) is 0 Å². The van der Waals surface area contributed by atoms with Gasteiger partial charge in [-0.3, -0.25) is 0 Å². The monoisotopic (exact) mass is 686 g/mol. The van der Waals surface area contributed by atoms with Crippen LogP contribution in [0.25, 0.3) is 33.0 Å². The number of hydrogen-bond acceptors (Lipinski definition) is 2. The van der Waals surface area contributed by atoms with Crippen molar-refractivity contribution in [1.82, 2.24) is 0 Å². The molecule has 0 spiro atoms. The van der Waals surface area contributed by atoms with Crippen molar-refractivity contribution in [2.45, 2.75) is 19.6 Å². The van der Waals surface area contributed by atoms with E-state index in [9.17, 15) is 0 Å². The third kappa shape index (κ3) is 6.79. The van der Waals surface area contributed by atoms with E-state index in [1.54, 1.807) is 0 Å². The zero-order valence-corrected chi connectivity index (χ0v) is 30.9. The molecule has 0 radical (unpaired) electrons. The van der Waals surface area contributed by atoms with E-state index in [-0.39, 0.29) is 0 Å². The summed E-state index contributed by atoms with van der Waals surface area (Å²) < 4.78 is 0. The average Bonchev–Trinajstić information content (AvgIpc) is 3.20. The van der Waals surface area contributed by atoms with Gasteiger partial charge in [0, 0.05) is 33.8 Å². The number of hydrogen-bond donors (Lipinski definition) is 0. The highest BCUT2D eigenvalue weighted by atomic mass is 28.3. The first kappa shape index (κ1) is 33.0. The molecule has 52 heavy (non-hydrogen) atoms. The van der Waals surface area contributed by atoms with Gasteiger partial charge >= 0.3 is 0 Å². The summed E-state index contributed by atoms with van der Waals surface area (Å²) in [6.07, 6.45) is 0. The van der Waals surface area contributed by atoms with Gasteiger partial charge in [0.1, 0.15) is 0 Å². The average molecular weight is 687 g/mol. The molecule has 0 aliphatic rings. The Morgan fingerprint density at radius 3 is 1.17 bits per heavy atom. The molecule has 0 saturated heterocycles. The van der Waals surface area contributed by atoms with Gasteiger partial charge in [-0.05, 0) is 94.4 Å². The molecule has 0 amide bonds. The van der Waals surface area contributed by atoms with Crippen LogP contribution in [0.3, 0.4) is 0 Å². The van der Waals surface area contributed by atoms with Crippen LogP contribution in [0.2, 0.25) is 19.6 Å². The Kier molecular flexibility index (Phi) is 9.03. The number of anilines is 6. The fourth-order valence-electron chi connectivity index (χ4n) is 7.00. The maximum Gasteiger partial charge on any atom is 0.0775 e. The number of fused-ring (bicyclic) bond motifs is 1. The first-order chi connectivity index (χ1) is 25.4. The van der Waals surface area contributed by atoms with E-state index in [1.165, 1.54) is 49.6 Å². The van der Waals surface area contributed by atoms with Crippen LogP contribution in [0.1, 0.15) is 0 Å². The molecule has 0 fully saturated rings. The van der Waals surface area contributed by atoms with E-state index in [1.807, 2.05) is 0 Å². The number of rotatable bonds is 9. The quantitative estimate of drug-likeness (QED) is 0.139. The lowest BCUT2D eigenvalue weighted by atomic mass is 9.99. The Labute approximate surface area is 308 Å². The maximum atomic E-state index is 2.39. The predicted octanol–water partition coefficient (Wildman–Crippen LogP) is 13.7. The number of para-hydroxylation sites is 2. The minimum absolute atomic E-state index is 1.12. The van der Waals surface area contributed by atoms with Crippen molar-refractivity contribution in [3.63, 3.8) is 0 Å². The van der Waals surface area contributed by atoms with Gasteiger partial charge in [0.25, 0.3) is 0 Å². The summed E-state index contributed by atoms with van der Waals surface area (Å²) in [5.41, 5.74) is 11.7. The summed E-state index contributed by atoms with van der Waals surface area (Å²) in [6.45, 7) is 7.18. The third-order valence-electron chi connectivity index (χ3n) is 9.83. The molecule has 0 aliphatic heterocycles. The standard InChI is InChI=1S/C49H42N2Si/c1-52(2,3)47-35-33-45(34-36-47)50(42-15-6-4-7-16-42)44-29-25-39(26-30-44)37-21-23-38(24-22-37)40-27-31-46(32-28-40)51(43-17-8-5-9-18-43)49-20-12-14-41-13-10-11-19-48(41)49/h4-36H,1-3H3. The van der Waals surface area contributed by atoms with E-state index in [4.69, 9.17) is 0 Å². The van der Waals surface area contributed by atoms with Crippen molar-refractivity contribution in [3.8, 4) is 22.3 Å². The SMILES string of the molecule is C[Si](C)(C)c1ccc(N(c2ccccc2)c2ccc(-c3ccc(-c4ccc(N(c5ccccc5)c5cccc6ccccc56)cc4)cc3)cc2)cc1. The predicted molar refractivity (Wildman–Crippen MR) is 227 cm³/mol. The molecule has 8 aromatic rings. The molecule has 0 heterocycles. The van der Waals surface area contributed by atoms with Crippen molar-refractivity contribution < 1.29 is 0 Å². The van der Waals surface area contributed by atoms with Crippen LogP contribution in [-0.4, -0.2) is 8.07 Å². The molecular weight excluding hydrogens is 645 g/mol. The second-order valence-corrected chi connectivity index (χ2v) is 19.4. The molecule has 0 atom stereocenters. The van der Waals surface area contributed by atoms with Crippen molar-refractivity contribution in [2.75, 3.05) is 9.80 Å². The fourth-order valence-corrected chi connectivity index (χ4v) is 8.17. The molecule has 0 unspecified atom stereocenters. The molecule has 8 aromatic carbocycles. The molecule has 8 rings (SSSR count). The highest BCUT2D eigenvalue weighted by molar-refractivity contribution is 6.88. The van der Waals surface area contributed by atoms with Crippen LogP contribution in [0, 0.1) is 0 Å². The highest BCUT2D eigenvalue weighted by Crippen LogP contribution is 2.40. The zero-order chi connectivity index (χ0) is 35.5. The fraction of sp³-hybridized carbons (Fsp3) is 0.0612. The number of benzene rings is 8. The molecule has 2 nitrogen and oxygen atoms in total. The lowest BCUT2D eigenvalue weighted by Crippen LogP contribution is -2.37. The van der Waals surface area contributed by atoms with E-state index in [0.717, 1.165) is 22.7 Å². The van der Waals surface area contributed by atoms with E-state index >= 15 is 0 Å². The summed E-state index contributed by atoms with van der Waals surface area (Å²) in [5.74, 6) is 0. The van der Waals surface area contributed by atoms with Crippen molar-refractivity contribution in [2.24, 2.45) is 0 Å². The zero-order valence-electron chi connectivity index (χ0n) is 29.9. The van der Waals surface area contributed by atoms with Crippen LogP contribution < -0.4 is 15.0 Å². The Morgan fingerprint density at radius 1 is 0.308 bits per heavy atom. The lowest BCUT2D eigenvalue weighted by Gasteiger charge is -2.27. The van der Waals surface area contributed by atoms with E-state index in [2.05, 4.69) is 230 Å². The first-order valence-electron chi connectivity index (χ1n) is 18.0. The summed E-state index contributed by atoms with van der Waals surface area (Å²) in [6, 6.07) is 72.3. The Balaban J connectivity index is 1.05. The van der Waals surface area contributed by atoms with Gasteiger partial charge in [-0.1, -0.05) is 158 Å². The minimum atomic E-state index is -1.38. The first-order valence-corrected chi connectivity index (χ1v) is 21.5. The summed E-state index contributed by atoms with van der Waals surface area (Å²) in [7, 11) is -1.38. The Hall–Kier alpha value is -6.16. The van der Waals surface area contributed by atoms with Crippen LogP contribution in [-0.2, 0) is 0 Å².